The molecule has 0 radical (unpaired) electrons. The molecule has 11 rings (SSSR count). The Morgan fingerprint density at radius 2 is 1.22 bits per heavy atom. The average molecular weight is 1160 g/mol. The number of aryl methyl sites for hydroxylation is 3. The summed E-state index contributed by atoms with van der Waals surface area (Å²) in [5.74, 6) is 0.930. The fourth-order valence-corrected chi connectivity index (χ4v) is 13.9. The molecule has 3 unspecified atom stereocenters. The van der Waals surface area contributed by atoms with E-state index in [9.17, 15) is 39.0 Å². The molecule has 4 aromatic rings. The number of carbonyl (C=O) groups is 6. The lowest BCUT2D eigenvalue weighted by molar-refractivity contribution is -0.144. The SMILES string of the molecule is COc1cc(CN(CC2CCC(C(=O)O)CC2)C(C)c2ccc3c(c2)CCC3)ccc1OCCN1C(=O)CN(C)C1=O.COc1cc(CN(CC2CCC(C(=O)O)CC2)[C@H]2CCc3cc(Cl)ccc32)ccc1OCCN1C(=O)C2CC2C1=O. The second-order valence-corrected chi connectivity index (χ2v) is 24.5. The summed E-state index contributed by atoms with van der Waals surface area (Å²) in [5, 5.41) is 19.7. The van der Waals surface area contributed by atoms with E-state index in [4.69, 9.17) is 30.5 Å². The van der Waals surface area contributed by atoms with E-state index >= 15 is 0 Å². The molecule has 18 heteroatoms. The van der Waals surface area contributed by atoms with Gasteiger partial charge in [0.1, 0.15) is 19.8 Å². The smallest absolute Gasteiger partial charge is 0.327 e. The molecule has 83 heavy (non-hydrogen) atoms. The summed E-state index contributed by atoms with van der Waals surface area (Å²) in [6, 6.07) is 25.2. The molecule has 4 atom stereocenters. The Balaban J connectivity index is 0.000000185. The summed E-state index contributed by atoms with van der Waals surface area (Å²) in [5.41, 5.74) is 9.07. The third kappa shape index (κ3) is 14.0. The molecule has 17 nitrogen and oxygen atoms in total. The van der Waals surface area contributed by atoms with Gasteiger partial charge >= 0.3 is 18.0 Å². The Kier molecular flexibility index (Phi) is 19.0. The van der Waals surface area contributed by atoms with Crippen molar-refractivity contribution in [3.8, 4) is 23.0 Å². The topological polar surface area (TPSA) is 196 Å². The van der Waals surface area contributed by atoms with Crippen LogP contribution in [0.2, 0.25) is 5.02 Å². The van der Waals surface area contributed by atoms with Crippen molar-refractivity contribution in [2.24, 2.45) is 35.5 Å². The highest BCUT2D eigenvalue weighted by molar-refractivity contribution is 6.30. The summed E-state index contributed by atoms with van der Waals surface area (Å²) in [4.78, 5) is 80.7. The second kappa shape index (κ2) is 26.5. The lowest BCUT2D eigenvalue weighted by Crippen LogP contribution is -2.36. The lowest BCUT2D eigenvalue weighted by Gasteiger charge is -2.35. The maximum absolute atomic E-state index is 12.2. The quantitative estimate of drug-likeness (QED) is 0.0526. The van der Waals surface area contributed by atoms with Gasteiger partial charge in [-0.05, 0) is 184 Å². The van der Waals surface area contributed by atoms with E-state index in [0.29, 0.717) is 41.3 Å². The highest BCUT2D eigenvalue weighted by atomic mass is 35.5. The van der Waals surface area contributed by atoms with E-state index < -0.39 is 11.9 Å². The number of imide groups is 2. The van der Waals surface area contributed by atoms with Gasteiger partial charge in [0.2, 0.25) is 17.7 Å². The van der Waals surface area contributed by atoms with Crippen molar-refractivity contribution in [3.63, 3.8) is 0 Å². The number of likely N-dealkylation sites (tertiary alicyclic amines) is 1. The minimum Gasteiger partial charge on any atom is -0.493 e. The predicted octanol–water partition coefficient (Wildman–Crippen LogP) is 10.0. The maximum Gasteiger partial charge on any atom is 0.327 e. The van der Waals surface area contributed by atoms with Crippen molar-refractivity contribution in [2.45, 2.75) is 122 Å². The maximum atomic E-state index is 12.2. The molecular formula is C65H80ClN5O12. The molecule has 0 bridgehead atoms. The van der Waals surface area contributed by atoms with Crippen LogP contribution in [0.4, 0.5) is 4.79 Å². The van der Waals surface area contributed by atoms with Crippen molar-refractivity contribution < 1.29 is 57.9 Å². The van der Waals surface area contributed by atoms with Gasteiger partial charge in [0.25, 0.3) is 0 Å². The third-order valence-electron chi connectivity index (χ3n) is 18.7. The standard InChI is InChI=1S/C33H43N3O6.C32H37ClN2O6/c1-22(27-13-12-25-5-4-6-28(25)18-27)35(19-23-7-10-26(11-8-23)32(38)39)20-24-9-14-29(30(17-24)41-3)42-16-15-36-31(37)21-34(2)33(36)40;1-40-29-14-20(4-11-28(29)41-13-12-35-30(36)25-16-26(25)31(35)37)18-34(17-19-2-5-21(6-3-19)32(38)39)27-10-7-22-15-23(33)8-9-24(22)27/h9,12-14,17-18,22-23,26H,4-8,10-11,15-16,19-21H2,1-3H3,(H,38,39);4,8-9,11,14-15,19,21,25-27H,2-3,5-7,10,12-13,16-18H2,1H3,(H,38,39)/t;19?,21?,25?,26?,27-/m.0/s1. The number of halogens is 1. The number of hydrogen-bond acceptors (Lipinski definition) is 12. The first kappa shape index (κ1) is 59.5. The fourth-order valence-electron chi connectivity index (χ4n) is 13.7. The summed E-state index contributed by atoms with van der Waals surface area (Å²) >= 11 is 6.30. The third-order valence-corrected chi connectivity index (χ3v) is 18.9. The first-order chi connectivity index (χ1) is 40.0. The van der Waals surface area contributed by atoms with Crippen LogP contribution < -0.4 is 18.9 Å². The number of rotatable bonds is 23. The molecule has 4 aromatic carbocycles. The van der Waals surface area contributed by atoms with Crippen LogP contribution >= 0.6 is 11.6 Å². The zero-order valence-electron chi connectivity index (χ0n) is 48.4. The Bertz CT molecular complexity index is 3030. The molecule has 2 saturated heterocycles. The van der Waals surface area contributed by atoms with E-state index in [1.54, 1.807) is 21.3 Å². The normalized spacial score (nSPS) is 23.9. The zero-order chi connectivity index (χ0) is 58.5. The number of carboxylic acid groups (broad SMARTS) is 2. The highest BCUT2D eigenvalue weighted by Gasteiger charge is 2.58. The van der Waals surface area contributed by atoms with Gasteiger partial charge in [0.05, 0.1) is 51.0 Å². The molecular weight excluding hydrogens is 1080 g/mol. The highest BCUT2D eigenvalue weighted by Crippen LogP contribution is 2.47. The first-order valence-electron chi connectivity index (χ1n) is 29.9. The van der Waals surface area contributed by atoms with Crippen molar-refractivity contribution in [1.82, 2.24) is 24.5 Å². The minimum absolute atomic E-state index is 0.0711. The van der Waals surface area contributed by atoms with Crippen molar-refractivity contribution in [1.29, 1.82) is 0 Å². The summed E-state index contributed by atoms with van der Waals surface area (Å²) < 4.78 is 23.2. The predicted molar refractivity (Wildman–Crippen MR) is 311 cm³/mol. The van der Waals surface area contributed by atoms with E-state index in [-0.39, 0.29) is 92.4 Å². The van der Waals surface area contributed by atoms with Crippen molar-refractivity contribution >= 4 is 47.3 Å². The summed E-state index contributed by atoms with van der Waals surface area (Å²) in [6.07, 6.45) is 12.9. The Hall–Kier alpha value is -6.69. The minimum atomic E-state index is -0.674. The number of fused-ring (bicyclic) bond motifs is 3. The molecule has 0 spiro atoms. The van der Waals surface area contributed by atoms with Crippen LogP contribution in [0.5, 0.6) is 23.0 Å². The second-order valence-electron chi connectivity index (χ2n) is 24.1. The molecule has 5 amide bonds. The number of piperidine rings is 1. The molecule has 5 aliphatic carbocycles. The number of hydrogen-bond donors (Lipinski definition) is 2. The molecule has 2 heterocycles. The number of likely N-dealkylation sites (N-methyl/N-ethyl adjacent to an activating group) is 1. The Labute approximate surface area is 492 Å². The molecule has 2 N–H and O–H groups in total. The van der Waals surface area contributed by atoms with E-state index in [0.717, 1.165) is 119 Å². The number of benzene rings is 4. The molecule has 444 valence electrons. The number of nitrogens with zero attached hydrogens (tertiary/aromatic N) is 5. The largest absolute Gasteiger partial charge is 0.493 e. The molecule has 7 aliphatic rings. The number of aliphatic carboxylic acids is 2. The number of ether oxygens (including phenoxy) is 4. The molecule has 3 saturated carbocycles. The number of methoxy groups -OCH3 is 2. The van der Waals surface area contributed by atoms with Gasteiger partial charge in [-0.25, -0.2) is 4.79 Å². The number of urea groups is 1. The molecule has 5 fully saturated rings. The summed E-state index contributed by atoms with van der Waals surface area (Å²) in [7, 11) is 4.83. The fraction of sp³-hybridized carbons (Fsp3) is 0.538. The van der Waals surface area contributed by atoms with Crippen LogP contribution in [0.1, 0.15) is 129 Å². The molecule has 0 aromatic heterocycles. The molecule has 2 aliphatic heterocycles. The van der Waals surface area contributed by atoms with Gasteiger partial charge in [0.15, 0.2) is 23.0 Å². The lowest BCUT2D eigenvalue weighted by atomic mass is 9.81. The van der Waals surface area contributed by atoms with E-state index in [2.05, 4.69) is 47.1 Å². The number of carbonyl (C=O) groups excluding carboxylic acids is 4. The summed E-state index contributed by atoms with van der Waals surface area (Å²) in [6.45, 7) is 6.45. The van der Waals surface area contributed by atoms with Crippen molar-refractivity contribution in [3.05, 3.63) is 117 Å². The van der Waals surface area contributed by atoms with Gasteiger partial charge in [0, 0.05) is 50.3 Å². The van der Waals surface area contributed by atoms with Gasteiger partial charge in [-0.3, -0.25) is 43.6 Å². The van der Waals surface area contributed by atoms with Gasteiger partial charge in [-0.15, -0.1) is 0 Å². The van der Waals surface area contributed by atoms with Crippen LogP contribution in [0.15, 0.2) is 72.8 Å². The zero-order valence-corrected chi connectivity index (χ0v) is 49.2. The van der Waals surface area contributed by atoms with Crippen molar-refractivity contribution in [2.75, 3.05) is 67.2 Å². The van der Waals surface area contributed by atoms with Crippen LogP contribution in [0.25, 0.3) is 0 Å². The van der Waals surface area contributed by atoms with Gasteiger partial charge in [-0.2, -0.15) is 0 Å². The van der Waals surface area contributed by atoms with Crippen LogP contribution in [0, 0.1) is 35.5 Å². The first-order valence-corrected chi connectivity index (χ1v) is 30.3. The Morgan fingerprint density at radius 1 is 0.639 bits per heavy atom. The number of amides is 5. The van der Waals surface area contributed by atoms with Gasteiger partial charge < -0.3 is 34.1 Å². The van der Waals surface area contributed by atoms with E-state index in [1.165, 1.54) is 48.9 Å². The van der Waals surface area contributed by atoms with Gasteiger partial charge in [-0.1, -0.05) is 48.0 Å². The van der Waals surface area contributed by atoms with Crippen LogP contribution in [0.3, 0.4) is 0 Å². The van der Waals surface area contributed by atoms with Crippen LogP contribution in [-0.4, -0.2) is 138 Å². The average Bonchev–Trinajstić information content (AvgIpc) is 3.98. The van der Waals surface area contributed by atoms with E-state index in [1.807, 2.05) is 42.5 Å². The Morgan fingerprint density at radius 3 is 1.80 bits per heavy atom. The monoisotopic (exact) mass is 1160 g/mol. The number of carboxylic acids is 2. The van der Waals surface area contributed by atoms with Crippen LogP contribution in [-0.2, 0) is 56.3 Å².